The van der Waals surface area contributed by atoms with Crippen molar-refractivity contribution in [3.63, 3.8) is 0 Å². The number of aromatic hydroxyl groups is 1. The molecule has 3 nitrogen and oxygen atoms in total. The zero-order valence-corrected chi connectivity index (χ0v) is 10.2. The summed E-state index contributed by atoms with van der Waals surface area (Å²) >= 11 is 5.90. The molecular weight excluding hydrogens is 250 g/mol. The lowest BCUT2D eigenvalue weighted by atomic mass is 10.2. The SMILES string of the molecule is N#Cc1c(Cl)cccc1OCc1ccc(O)cc1. The number of ether oxygens (including phenoxy) is 1. The van der Waals surface area contributed by atoms with Gasteiger partial charge < -0.3 is 9.84 Å². The lowest BCUT2D eigenvalue weighted by molar-refractivity contribution is 0.305. The van der Waals surface area contributed by atoms with Gasteiger partial charge in [0, 0.05) is 0 Å². The third kappa shape index (κ3) is 2.73. The minimum atomic E-state index is 0.208. The summed E-state index contributed by atoms with van der Waals surface area (Å²) in [6, 6.07) is 13.8. The van der Waals surface area contributed by atoms with E-state index in [1.165, 1.54) is 0 Å². The first-order valence-corrected chi connectivity index (χ1v) is 5.68. The van der Waals surface area contributed by atoms with Crippen LogP contribution in [0.4, 0.5) is 0 Å². The molecule has 0 bridgehead atoms. The van der Waals surface area contributed by atoms with Crippen LogP contribution in [0.1, 0.15) is 11.1 Å². The second-order valence-corrected chi connectivity index (χ2v) is 4.09. The van der Waals surface area contributed by atoms with Crippen LogP contribution >= 0.6 is 11.6 Å². The molecular formula is C14H10ClNO2. The van der Waals surface area contributed by atoms with Crippen molar-refractivity contribution in [1.29, 1.82) is 5.26 Å². The fourth-order valence-corrected chi connectivity index (χ4v) is 1.69. The number of nitrogens with zero attached hydrogens (tertiary/aromatic N) is 1. The highest BCUT2D eigenvalue weighted by Gasteiger charge is 2.07. The van der Waals surface area contributed by atoms with Gasteiger partial charge in [-0.15, -0.1) is 0 Å². The van der Waals surface area contributed by atoms with Crippen molar-refractivity contribution in [1.82, 2.24) is 0 Å². The van der Waals surface area contributed by atoms with E-state index in [9.17, 15) is 0 Å². The summed E-state index contributed by atoms with van der Waals surface area (Å²) in [7, 11) is 0. The number of phenolic OH excluding ortho intramolecular Hbond substituents is 1. The van der Waals surface area contributed by atoms with Crippen LogP contribution in [-0.4, -0.2) is 5.11 Å². The number of halogens is 1. The highest BCUT2D eigenvalue weighted by molar-refractivity contribution is 6.31. The van der Waals surface area contributed by atoms with Gasteiger partial charge in [0.2, 0.25) is 0 Å². The highest BCUT2D eigenvalue weighted by Crippen LogP contribution is 2.26. The molecule has 0 fully saturated rings. The normalized spacial score (nSPS) is 9.78. The monoisotopic (exact) mass is 259 g/mol. The lowest BCUT2D eigenvalue weighted by Gasteiger charge is -2.08. The van der Waals surface area contributed by atoms with Crippen LogP contribution in [0.2, 0.25) is 5.02 Å². The molecule has 0 spiro atoms. The van der Waals surface area contributed by atoms with Gasteiger partial charge >= 0.3 is 0 Å². The maximum atomic E-state index is 9.16. The predicted octanol–water partition coefficient (Wildman–Crippen LogP) is 3.50. The zero-order valence-electron chi connectivity index (χ0n) is 9.43. The van der Waals surface area contributed by atoms with Crippen LogP contribution in [0.3, 0.4) is 0 Å². The molecule has 2 aromatic carbocycles. The molecule has 0 aliphatic carbocycles. The smallest absolute Gasteiger partial charge is 0.139 e. The summed E-state index contributed by atoms with van der Waals surface area (Å²) in [5, 5.41) is 18.5. The molecule has 4 heteroatoms. The minimum Gasteiger partial charge on any atom is -0.508 e. The molecule has 1 N–H and O–H groups in total. The lowest BCUT2D eigenvalue weighted by Crippen LogP contribution is -1.97. The Hall–Kier alpha value is -2.18. The van der Waals surface area contributed by atoms with Crippen molar-refractivity contribution in [2.75, 3.05) is 0 Å². The maximum absolute atomic E-state index is 9.16. The minimum absolute atomic E-state index is 0.208. The fraction of sp³-hybridized carbons (Fsp3) is 0.0714. The van der Waals surface area contributed by atoms with Crippen molar-refractivity contribution in [2.24, 2.45) is 0 Å². The summed E-state index contributed by atoms with van der Waals surface area (Å²) in [6.45, 7) is 0.315. The van der Waals surface area contributed by atoms with E-state index in [1.807, 2.05) is 6.07 Å². The molecule has 0 saturated heterocycles. The Morgan fingerprint density at radius 1 is 1.17 bits per heavy atom. The Kier molecular flexibility index (Phi) is 3.71. The summed E-state index contributed by atoms with van der Waals surface area (Å²) in [5.41, 5.74) is 1.23. The largest absolute Gasteiger partial charge is 0.508 e. The summed E-state index contributed by atoms with van der Waals surface area (Å²) in [5.74, 6) is 0.664. The first-order valence-electron chi connectivity index (χ1n) is 5.30. The average Bonchev–Trinajstić information content (AvgIpc) is 2.38. The Morgan fingerprint density at radius 3 is 2.56 bits per heavy atom. The highest BCUT2D eigenvalue weighted by atomic mass is 35.5. The molecule has 0 amide bonds. The number of benzene rings is 2. The van der Waals surface area contributed by atoms with Crippen LogP contribution in [0, 0.1) is 11.3 Å². The molecule has 0 radical (unpaired) electrons. The molecule has 0 saturated carbocycles. The van der Waals surface area contributed by atoms with Crippen LogP contribution in [0.5, 0.6) is 11.5 Å². The van der Waals surface area contributed by atoms with Gasteiger partial charge in [-0.3, -0.25) is 0 Å². The Bertz CT molecular complexity index is 588. The van der Waals surface area contributed by atoms with E-state index in [-0.39, 0.29) is 5.75 Å². The average molecular weight is 260 g/mol. The van der Waals surface area contributed by atoms with E-state index in [4.69, 9.17) is 26.7 Å². The van der Waals surface area contributed by atoms with E-state index in [0.717, 1.165) is 5.56 Å². The van der Waals surface area contributed by atoms with E-state index in [1.54, 1.807) is 42.5 Å². The van der Waals surface area contributed by atoms with Crippen molar-refractivity contribution in [3.05, 3.63) is 58.6 Å². The third-order valence-electron chi connectivity index (χ3n) is 2.42. The van der Waals surface area contributed by atoms with Crippen molar-refractivity contribution in [2.45, 2.75) is 6.61 Å². The molecule has 0 unspecified atom stereocenters. The molecule has 90 valence electrons. The maximum Gasteiger partial charge on any atom is 0.139 e. The van der Waals surface area contributed by atoms with Crippen molar-refractivity contribution >= 4 is 11.6 Å². The van der Waals surface area contributed by atoms with Crippen molar-refractivity contribution < 1.29 is 9.84 Å². The summed E-state index contributed by atoms with van der Waals surface area (Å²) in [4.78, 5) is 0. The van der Waals surface area contributed by atoms with E-state index >= 15 is 0 Å². The topological polar surface area (TPSA) is 53.2 Å². The zero-order chi connectivity index (χ0) is 13.0. The van der Waals surface area contributed by atoms with Gasteiger partial charge in [-0.05, 0) is 29.8 Å². The second kappa shape index (κ2) is 5.44. The Balaban J connectivity index is 2.14. The quantitative estimate of drug-likeness (QED) is 0.918. The van der Waals surface area contributed by atoms with Gasteiger partial charge in [-0.25, -0.2) is 0 Å². The predicted molar refractivity (Wildman–Crippen MR) is 68.6 cm³/mol. The standard InChI is InChI=1S/C14H10ClNO2/c15-13-2-1-3-14(12(13)8-16)18-9-10-4-6-11(17)7-5-10/h1-7,17H,9H2. The molecule has 0 aliphatic heterocycles. The summed E-state index contributed by atoms with van der Waals surface area (Å²) < 4.78 is 5.55. The fourth-order valence-electron chi connectivity index (χ4n) is 1.49. The van der Waals surface area contributed by atoms with Crippen LogP contribution in [0.25, 0.3) is 0 Å². The number of hydrogen-bond donors (Lipinski definition) is 1. The number of nitriles is 1. The molecule has 0 atom stereocenters. The second-order valence-electron chi connectivity index (χ2n) is 3.68. The van der Waals surface area contributed by atoms with Gasteiger partial charge in [-0.2, -0.15) is 5.26 Å². The number of hydrogen-bond acceptors (Lipinski definition) is 3. The molecule has 18 heavy (non-hydrogen) atoms. The molecule has 2 aromatic rings. The van der Waals surface area contributed by atoms with E-state index in [0.29, 0.717) is 22.9 Å². The van der Waals surface area contributed by atoms with Gasteiger partial charge in [0.1, 0.15) is 29.7 Å². The third-order valence-corrected chi connectivity index (χ3v) is 2.73. The molecule has 2 rings (SSSR count). The van der Waals surface area contributed by atoms with Crippen LogP contribution in [-0.2, 0) is 6.61 Å². The van der Waals surface area contributed by atoms with Crippen molar-refractivity contribution in [3.8, 4) is 17.6 Å². The Morgan fingerprint density at radius 2 is 1.89 bits per heavy atom. The van der Waals surface area contributed by atoms with Gasteiger partial charge in [0.15, 0.2) is 0 Å². The molecule has 0 heterocycles. The van der Waals surface area contributed by atoms with Crippen LogP contribution < -0.4 is 4.74 Å². The van der Waals surface area contributed by atoms with Gasteiger partial charge in [-0.1, -0.05) is 29.8 Å². The van der Waals surface area contributed by atoms with Crippen LogP contribution in [0.15, 0.2) is 42.5 Å². The first kappa shape index (κ1) is 12.3. The van der Waals surface area contributed by atoms with Gasteiger partial charge in [0.05, 0.1) is 5.02 Å². The van der Waals surface area contributed by atoms with E-state index < -0.39 is 0 Å². The number of phenols is 1. The van der Waals surface area contributed by atoms with E-state index in [2.05, 4.69) is 0 Å². The summed E-state index contributed by atoms with van der Waals surface area (Å²) in [6.07, 6.45) is 0. The number of rotatable bonds is 3. The molecule has 0 aromatic heterocycles. The molecule has 0 aliphatic rings. The first-order chi connectivity index (χ1) is 8.70. The Labute approximate surface area is 110 Å². The van der Waals surface area contributed by atoms with Gasteiger partial charge in [0.25, 0.3) is 0 Å².